The van der Waals surface area contributed by atoms with E-state index in [1.54, 1.807) is 0 Å². The number of nitrogens with zero attached hydrogens (tertiary/aromatic N) is 1. The van der Waals surface area contributed by atoms with E-state index in [9.17, 15) is 0 Å². The molecule has 0 saturated heterocycles. The Morgan fingerprint density at radius 3 is 1.62 bits per heavy atom. The van der Waals surface area contributed by atoms with E-state index in [0.717, 1.165) is 10.9 Å². The second kappa shape index (κ2) is 4.90. The number of hydrogen-bond donors (Lipinski definition) is 0. The Morgan fingerprint density at radius 2 is 1.62 bits per heavy atom. The first-order valence-corrected chi connectivity index (χ1v) is 2.66. The van der Waals surface area contributed by atoms with Gasteiger partial charge in [0, 0.05) is 32.7 Å². The van der Waals surface area contributed by atoms with Crippen LogP contribution in [-0.2, 0) is 32.7 Å². The van der Waals surface area contributed by atoms with E-state index in [0.29, 0.717) is 0 Å². The van der Waals surface area contributed by atoms with Crippen molar-refractivity contribution < 1.29 is 37.2 Å². The van der Waals surface area contributed by atoms with Gasteiger partial charge in [0.2, 0.25) is 0 Å². The Hall–Kier alpha value is 1.06. The largest absolute Gasteiger partial charge is 0.338 e. The smallest absolute Gasteiger partial charge is 0.0676 e. The summed E-state index contributed by atoms with van der Waals surface area (Å²) in [6, 6.07) is 0. The van der Waals surface area contributed by atoms with E-state index in [-0.39, 0.29) is 32.7 Å². The van der Waals surface area contributed by atoms with E-state index in [1.165, 1.54) is 6.54 Å². The normalized spacial score (nSPS) is 10.5. The molecule has 0 N–H and O–H groups in total. The molecule has 0 aliphatic rings. The molecule has 0 amide bonds. The summed E-state index contributed by atoms with van der Waals surface area (Å²) >= 11 is 0. The number of hydrogen-bond acceptors (Lipinski definition) is 0. The van der Waals surface area contributed by atoms with Crippen LogP contribution in [0.5, 0.6) is 0 Å². The predicted molar refractivity (Wildman–Crippen MR) is 32.9 cm³/mol. The van der Waals surface area contributed by atoms with Gasteiger partial charge in [-0.05, 0) is 0 Å². The van der Waals surface area contributed by atoms with Gasteiger partial charge < -0.3 is 11.4 Å². The van der Waals surface area contributed by atoms with Crippen LogP contribution in [-0.4, -0.2) is 32.2 Å². The Bertz CT molecular complexity index is 47.0. The maximum atomic E-state index is 3.76. The molecule has 0 atom stereocenters. The first kappa shape index (κ1) is 11.8. The molecule has 0 unspecified atom stereocenters. The van der Waals surface area contributed by atoms with Crippen molar-refractivity contribution in [3.63, 3.8) is 0 Å². The fourth-order valence-corrected chi connectivity index (χ4v) is 0.474. The van der Waals surface area contributed by atoms with Crippen LogP contribution in [0.1, 0.15) is 6.42 Å². The van der Waals surface area contributed by atoms with Crippen LogP contribution in [0.25, 0.3) is 0 Å². The predicted octanol–water partition coefficient (Wildman–Crippen LogP) is 0.914. The van der Waals surface area contributed by atoms with Crippen molar-refractivity contribution >= 4 is 0 Å². The van der Waals surface area contributed by atoms with Crippen molar-refractivity contribution in [2.45, 2.75) is 6.42 Å². The third-order valence-corrected chi connectivity index (χ3v) is 0.829. The van der Waals surface area contributed by atoms with Crippen molar-refractivity contribution in [3.05, 3.63) is 6.92 Å². The SMILES string of the molecule is [CH2-]CC[N+](C)(C)C.[Y]. The molecule has 0 saturated carbocycles. The van der Waals surface area contributed by atoms with Gasteiger partial charge in [-0.3, -0.25) is 0 Å². The van der Waals surface area contributed by atoms with Crippen molar-refractivity contribution in [3.8, 4) is 0 Å². The summed E-state index contributed by atoms with van der Waals surface area (Å²) < 4.78 is 1.03. The summed E-state index contributed by atoms with van der Waals surface area (Å²) in [6.45, 7) is 4.92. The van der Waals surface area contributed by atoms with Gasteiger partial charge >= 0.3 is 0 Å². The maximum Gasteiger partial charge on any atom is 0.0676 e. The monoisotopic (exact) mass is 190 g/mol. The van der Waals surface area contributed by atoms with Crippen molar-refractivity contribution in [2.75, 3.05) is 27.7 Å². The zero-order valence-corrected chi connectivity index (χ0v) is 8.98. The summed E-state index contributed by atoms with van der Waals surface area (Å²) in [5.74, 6) is 0. The molecule has 8 heavy (non-hydrogen) atoms. The molecule has 0 rings (SSSR count). The molecule has 0 aliphatic carbocycles. The van der Waals surface area contributed by atoms with E-state index in [2.05, 4.69) is 28.1 Å². The molecule has 0 bridgehead atoms. The van der Waals surface area contributed by atoms with Gasteiger partial charge in [0.1, 0.15) is 0 Å². The Balaban J connectivity index is 0. The average molecular weight is 190 g/mol. The van der Waals surface area contributed by atoms with Gasteiger partial charge in [0.15, 0.2) is 0 Å². The van der Waals surface area contributed by atoms with Crippen LogP contribution in [0.4, 0.5) is 0 Å². The second-order valence-electron chi connectivity index (χ2n) is 2.87. The topological polar surface area (TPSA) is 0 Å². The van der Waals surface area contributed by atoms with Gasteiger partial charge in [-0.1, -0.05) is 0 Å². The molecule has 0 aromatic heterocycles. The third-order valence-electron chi connectivity index (χ3n) is 0.829. The molecule has 0 heterocycles. The summed E-state index contributed by atoms with van der Waals surface area (Å²) in [7, 11) is 6.52. The fourth-order valence-electron chi connectivity index (χ4n) is 0.474. The van der Waals surface area contributed by atoms with E-state index in [4.69, 9.17) is 0 Å². The van der Waals surface area contributed by atoms with Gasteiger partial charge in [-0.25, -0.2) is 0 Å². The Morgan fingerprint density at radius 1 is 1.25 bits per heavy atom. The second-order valence-corrected chi connectivity index (χ2v) is 2.87. The van der Waals surface area contributed by atoms with Crippen molar-refractivity contribution in [2.24, 2.45) is 0 Å². The van der Waals surface area contributed by atoms with E-state index < -0.39 is 0 Å². The zero-order chi connectivity index (χ0) is 5.91. The van der Waals surface area contributed by atoms with Crippen molar-refractivity contribution in [1.29, 1.82) is 0 Å². The average Bonchev–Trinajstić information content (AvgIpc) is 1.30. The summed E-state index contributed by atoms with van der Waals surface area (Å²) in [5.41, 5.74) is 0. The minimum atomic E-state index is 0. The van der Waals surface area contributed by atoms with Gasteiger partial charge in [-0.15, -0.1) is 6.42 Å². The molecule has 0 aromatic carbocycles. The minimum absolute atomic E-state index is 0. The Labute approximate surface area is 77.9 Å². The minimum Gasteiger partial charge on any atom is -0.338 e. The quantitative estimate of drug-likeness (QED) is 0.448. The molecule has 2 heteroatoms. The molecular formula is C6H15NY. The first-order valence-electron chi connectivity index (χ1n) is 2.66. The summed E-state index contributed by atoms with van der Waals surface area (Å²) in [5, 5.41) is 0. The third kappa shape index (κ3) is 10.1. The molecule has 0 spiro atoms. The van der Waals surface area contributed by atoms with E-state index >= 15 is 0 Å². The molecular weight excluding hydrogens is 175 g/mol. The van der Waals surface area contributed by atoms with Crippen LogP contribution in [0.15, 0.2) is 0 Å². The van der Waals surface area contributed by atoms with E-state index in [1.807, 2.05) is 0 Å². The number of rotatable bonds is 2. The molecule has 0 aliphatic heterocycles. The molecule has 1 radical (unpaired) electrons. The van der Waals surface area contributed by atoms with Gasteiger partial charge in [0.05, 0.1) is 27.7 Å². The fraction of sp³-hybridized carbons (Fsp3) is 0.833. The maximum absolute atomic E-state index is 3.76. The standard InChI is InChI=1S/C6H15N.Y/c1-5-6-7(2,3)4;/h1,5-6H2,2-4H3;. The van der Waals surface area contributed by atoms with Crippen LogP contribution < -0.4 is 0 Å². The van der Waals surface area contributed by atoms with Gasteiger partial charge in [0.25, 0.3) is 0 Å². The first-order chi connectivity index (χ1) is 3.06. The molecule has 47 valence electrons. The van der Waals surface area contributed by atoms with Crippen LogP contribution >= 0.6 is 0 Å². The van der Waals surface area contributed by atoms with Crippen LogP contribution in [0.2, 0.25) is 0 Å². The van der Waals surface area contributed by atoms with Crippen LogP contribution in [0.3, 0.4) is 0 Å². The molecule has 1 nitrogen and oxygen atoms in total. The van der Waals surface area contributed by atoms with Gasteiger partial charge in [-0.2, -0.15) is 0 Å². The molecule has 0 fully saturated rings. The van der Waals surface area contributed by atoms with Crippen molar-refractivity contribution in [1.82, 2.24) is 0 Å². The summed E-state index contributed by atoms with van der Waals surface area (Å²) in [4.78, 5) is 0. The molecule has 0 aromatic rings. The van der Waals surface area contributed by atoms with Crippen LogP contribution in [0, 0.1) is 6.92 Å². The Kier molecular flexibility index (Phi) is 7.23. The number of quaternary nitrogens is 1. The zero-order valence-electron chi connectivity index (χ0n) is 6.15. The summed E-state index contributed by atoms with van der Waals surface area (Å²) in [6.07, 6.45) is 1.03.